The zero-order valence-corrected chi connectivity index (χ0v) is 11.4. The van der Waals surface area contributed by atoms with Crippen molar-refractivity contribution in [1.29, 1.82) is 0 Å². The molecule has 0 amide bonds. The van der Waals surface area contributed by atoms with E-state index in [-0.39, 0.29) is 0 Å². The Bertz CT molecular complexity index is 558. The fourth-order valence-corrected chi connectivity index (χ4v) is 2.63. The van der Waals surface area contributed by atoms with Crippen LogP contribution in [0.3, 0.4) is 0 Å². The molecule has 0 unspecified atom stereocenters. The van der Waals surface area contributed by atoms with Gasteiger partial charge >= 0.3 is 0 Å². The molecule has 1 saturated heterocycles. The summed E-state index contributed by atoms with van der Waals surface area (Å²) >= 11 is 6.18. The van der Waals surface area contributed by atoms with Crippen molar-refractivity contribution in [3.63, 3.8) is 0 Å². The van der Waals surface area contributed by atoms with Crippen LogP contribution >= 0.6 is 11.6 Å². The second-order valence-electron chi connectivity index (χ2n) is 4.92. The fourth-order valence-electron chi connectivity index (χ4n) is 2.40. The van der Waals surface area contributed by atoms with Gasteiger partial charge in [0.1, 0.15) is 0 Å². The van der Waals surface area contributed by atoms with Gasteiger partial charge in [0.2, 0.25) is 0 Å². The molecule has 0 radical (unpaired) electrons. The summed E-state index contributed by atoms with van der Waals surface area (Å²) < 4.78 is 1.83. The Kier molecular flexibility index (Phi) is 3.44. The molecule has 2 N–H and O–H groups in total. The number of hydrogen-bond donors (Lipinski definition) is 1. The van der Waals surface area contributed by atoms with Crippen LogP contribution < -0.4 is 10.6 Å². The van der Waals surface area contributed by atoms with E-state index in [0.29, 0.717) is 11.1 Å². The highest BCUT2D eigenvalue weighted by Gasteiger charge is 2.17. The fraction of sp³-hybridized carbons (Fsp3) is 0.357. The summed E-state index contributed by atoms with van der Waals surface area (Å²) in [6, 6.07) is 8.06. The largest absolute Gasteiger partial charge is 0.369 e. The number of para-hydroxylation sites is 1. The van der Waals surface area contributed by atoms with Crippen molar-refractivity contribution in [1.82, 2.24) is 9.78 Å². The highest BCUT2D eigenvalue weighted by Crippen LogP contribution is 2.23. The van der Waals surface area contributed by atoms with Crippen LogP contribution in [0.25, 0.3) is 5.69 Å². The molecule has 5 heteroatoms. The zero-order chi connectivity index (χ0) is 13.2. The monoisotopic (exact) mass is 276 g/mol. The van der Waals surface area contributed by atoms with Crippen LogP contribution in [0.1, 0.15) is 12.8 Å². The Morgan fingerprint density at radius 2 is 1.95 bits per heavy atom. The van der Waals surface area contributed by atoms with Gasteiger partial charge in [-0.3, -0.25) is 0 Å². The van der Waals surface area contributed by atoms with E-state index in [1.165, 1.54) is 0 Å². The van der Waals surface area contributed by atoms with Gasteiger partial charge in [0.25, 0.3) is 0 Å². The summed E-state index contributed by atoms with van der Waals surface area (Å²) in [6.07, 6.45) is 5.99. The second-order valence-corrected chi connectivity index (χ2v) is 5.33. The molecule has 2 aromatic rings. The second kappa shape index (κ2) is 5.23. The number of halogens is 1. The average molecular weight is 277 g/mol. The lowest BCUT2D eigenvalue weighted by Gasteiger charge is -2.30. The van der Waals surface area contributed by atoms with Crippen LogP contribution in [0.5, 0.6) is 0 Å². The Balaban J connectivity index is 1.82. The molecule has 3 rings (SSSR count). The number of nitrogens with two attached hydrogens (primary N) is 1. The standard InChI is InChI=1S/C14H17ClN4/c15-13-3-1-2-4-14(13)19-10-12(9-17-19)18-7-5-11(16)6-8-18/h1-4,9-11H,5-8,16H2. The molecule has 0 aliphatic carbocycles. The summed E-state index contributed by atoms with van der Waals surface area (Å²) in [4.78, 5) is 2.32. The quantitative estimate of drug-likeness (QED) is 0.917. The van der Waals surface area contributed by atoms with E-state index in [1.807, 2.05) is 41.3 Å². The maximum Gasteiger partial charge on any atom is 0.0832 e. The molecule has 100 valence electrons. The van der Waals surface area contributed by atoms with Crippen LogP contribution in [0, 0.1) is 0 Å². The third-order valence-electron chi connectivity index (χ3n) is 3.57. The van der Waals surface area contributed by atoms with Crippen LogP contribution in [-0.2, 0) is 0 Å². The van der Waals surface area contributed by atoms with E-state index in [9.17, 15) is 0 Å². The Labute approximate surface area is 117 Å². The van der Waals surface area contributed by atoms with Crippen LogP contribution in [0.15, 0.2) is 36.7 Å². The smallest absolute Gasteiger partial charge is 0.0832 e. The first-order chi connectivity index (χ1) is 9.24. The van der Waals surface area contributed by atoms with E-state index in [1.54, 1.807) is 0 Å². The zero-order valence-electron chi connectivity index (χ0n) is 10.7. The third-order valence-corrected chi connectivity index (χ3v) is 3.89. The van der Waals surface area contributed by atoms with Crippen molar-refractivity contribution in [3.05, 3.63) is 41.7 Å². The maximum atomic E-state index is 6.18. The molecular formula is C14H17ClN4. The molecule has 0 bridgehead atoms. The first-order valence-corrected chi connectivity index (χ1v) is 6.92. The van der Waals surface area contributed by atoms with Gasteiger partial charge in [0.15, 0.2) is 0 Å². The lowest BCUT2D eigenvalue weighted by molar-refractivity contribution is 0.501. The molecule has 2 heterocycles. The summed E-state index contributed by atoms with van der Waals surface area (Å²) in [5.74, 6) is 0. The van der Waals surface area contributed by atoms with Crippen molar-refractivity contribution in [2.45, 2.75) is 18.9 Å². The summed E-state index contributed by atoms with van der Waals surface area (Å²) in [7, 11) is 0. The Morgan fingerprint density at radius 1 is 1.21 bits per heavy atom. The molecule has 0 saturated carbocycles. The molecule has 1 aliphatic heterocycles. The highest BCUT2D eigenvalue weighted by molar-refractivity contribution is 6.32. The molecule has 1 aromatic heterocycles. The van der Waals surface area contributed by atoms with Crippen LogP contribution in [0.4, 0.5) is 5.69 Å². The molecule has 1 fully saturated rings. The molecule has 0 atom stereocenters. The van der Waals surface area contributed by atoms with Crippen molar-refractivity contribution in [2.75, 3.05) is 18.0 Å². The Hall–Kier alpha value is -1.52. The predicted octanol–water partition coefficient (Wildman–Crippen LogP) is 2.45. The molecule has 19 heavy (non-hydrogen) atoms. The van der Waals surface area contributed by atoms with Crippen molar-refractivity contribution < 1.29 is 0 Å². The Morgan fingerprint density at radius 3 is 2.68 bits per heavy atom. The molecule has 1 aromatic carbocycles. The molecule has 1 aliphatic rings. The van der Waals surface area contributed by atoms with E-state index >= 15 is 0 Å². The minimum Gasteiger partial charge on any atom is -0.369 e. The summed E-state index contributed by atoms with van der Waals surface area (Å²) in [5.41, 5.74) is 7.96. The van der Waals surface area contributed by atoms with E-state index in [2.05, 4.69) is 10.00 Å². The highest BCUT2D eigenvalue weighted by atomic mass is 35.5. The lowest BCUT2D eigenvalue weighted by Crippen LogP contribution is -2.39. The van der Waals surface area contributed by atoms with Gasteiger partial charge in [-0.1, -0.05) is 23.7 Å². The summed E-state index contributed by atoms with van der Waals surface area (Å²) in [6.45, 7) is 1.99. The minimum absolute atomic E-state index is 0.342. The minimum atomic E-state index is 0.342. The lowest BCUT2D eigenvalue weighted by atomic mass is 10.1. The topological polar surface area (TPSA) is 47.1 Å². The van der Waals surface area contributed by atoms with E-state index in [0.717, 1.165) is 37.3 Å². The van der Waals surface area contributed by atoms with Gasteiger partial charge in [0.05, 0.1) is 28.8 Å². The molecule has 0 spiro atoms. The summed E-state index contributed by atoms with van der Waals surface area (Å²) in [5, 5.41) is 5.11. The molecule has 4 nitrogen and oxygen atoms in total. The first kappa shape index (κ1) is 12.5. The van der Waals surface area contributed by atoms with Gasteiger partial charge in [-0.25, -0.2) is 4.68 Å². The van der Waals surface area contributed by atoms with Crippen molar-refractivity contribution in [3.8, 4) is 5.69 Å². The van der Waals surface area contributed by atoms with E-state index < -0.39 is 0 Å². The number of aromatic nitrogens is 2. The van der Waals surface area contributed by atoms with E-state index in [4.69, 9.17) is 17.3 Å². The van der Waals surface area contributed by atoms with Gasteiger partial charge in [-0.05, 0) is 25.0 Å². The number of benzene rings is 1. The maximum absolute atomic E-state index is 6.18. The predicted molar refractivity (Wildman–Crippen MR) is 78.0 cm³/mol. The van der Waals surface area contributed by atoms with Crippen molar-refractivity contribution in [2.24, 2.45) is 5.73 Å². The van der Waals surface area contributed by atoms with Gasteiger partial charge in [-0.15, -0.1) is 0 Å². The normalized spacial score (nSPS) is 16.8. The number of rotatable bonds is 2. The van der Waals surface area contributed by atoms with Gasteiger partial charge in [-0.2, -0.15) is 5.10 Å². The number of piperidine rings is 1. The van der Waals surface area contributed by atoms with Crippen LogP contribution in [-0.4, -0.2) is 28.9 Å². The van der Waals surface area contributed by atoms with Crippen LogP contribution in [0.2, 0.25) is 5.02 Å². The molecular weight excluding hydrogens is 260 g/mol. The number of hydrogen-bond acceptors (Lipinski definition) is 3. The average Bonchev–Trinajstić information content (AvgIpc) is 2.89. The SMILES string of the molecule is NC1CCN(c2cnn(-c3ccccc3Cl)c2)CC1. The third kappa shape index (κ3) is 2.60. The van der Waals surface area contributed by atoms with Gasteiger partial charge < -0.3 is 10.6 Å². The van der Waals surface area contributed by atoms with Gasteiger partial charge in [0, 0.05) is 19.1 Å². The number of nitrogens with zero attached hydrogens (tertiary/aromatic N) is 3. The van der Waals surface area contributed by atoms with Crippen molar-refractivity contribution >= 4 is 17.3 Å². The number of anilines is 1. The first-order valence-electron chi connectivity index (χ1n) is 6.54.